The van der Waals surface area contributed by atoms with Crippen molar-refractivity contribution in [2.24, 2.45) is 5.92 Å². The molecule has 1 aromatic heterocycles. The van der Waals surface area contributed by atoms with Crippen molar-refractivity contribution in [1.29, 1.82) is 0 Å². The molecule has 132 valence electrons. The van der Waals surface area contributed by atoms with Crippen molar-refractivity contribution in [2.45, 2.75) is 12.8 Å². The summed E-state index contributed by atoms with van der Waals surface area (Å²) >= 11 is 1.91. The molecule has 0 spiro atoms. The van der Waals surface area contributed by atoms with Crippen molar-refractivity contribution in [1.82, 2.24) is 14.8 Å². The number of thioether (sulfide) groups is 1. The molecule has 2 amide bonds. The van der Waals surface area contributed by atoms with Crippen molar-refractivity contribution in [3.8, 4) is 0 Å². The van der Waals surface area contributed by atoms with E-state index in [-0.39, 0.29) is 17.7 Å². The van der Waals surface area contributed by atoms with Crippen LogP contribution >= 0.6 is 11.8 Å². The largest absolute Gasteiger partial charge is 0.361 e. The first-order valence-corrected chi connectivity index (χ1v) is 10.1. The number of nitrogens with zero attached hydrogens (tertiary/aromatic N) is 2. The summed E-state index contributed by atoms with van der Waals surface area (Å²) in [6.07, 6.45) is 3.67. The van der Waals surface area contributed by atoms with Crippen molar-refractivity contribution in [3.05, 3.63) is 36.0 Å². The normalized spacial score (nSPS) is 21.5. The smallest absolute Gasteiger partial charge is 0.253 e. The number of aromatic nitrogens is 1. The SMILES string of the molecule is O=C(c1ccc2cc[nH]c2c1)N1CCC[C@H](C(=O)N2CCSCC2)C1. The summed E-state index contributed by atoms with van der Waals surface area (Å²) in [7, 11) is 0. The number of likely N-dealkylation sites (tertiary alicyclic amines) is 1. The zero-order valence-corrected chi connectivity index (χ0v) is 15.1. The van der Waals surface area contributed by atoms with Crippen LogP contribution in [0.15, 0.2) is 30.5 Å². The van der Waals surface area contributed by atoms with Crippen molar-refractivity contribution in [3.63, 3.8) is 0 Å². The van der Waals surface area contributed by atoms with Gasteiger partial charge in [-0.1, -0.05) is 6.07 Å². The highest BCUT2D eigenvalue weighted by Crippen LogP contribution is 2.23. The number of fused-ring (bicyclic) bond motifs is 1. The Morgan fingerprint density at radius 1 is 1.08 bits per heavy atom. The number of benzene rings is 1. The topological polar surface area (TPSA) is 56.4 Å². The van der Waals surface area contributed by atoms with Crippen LogP contribution in [0.25, 0.3) is 10.9 Å². The lowest BCUT2D eigenvalue weighted by Gasteiger charge is -2.36. The number of aromatic amines is 1. The second-order valence-corrected chi connectivity index (χ2v) is 8.03. The van der Waals surface area contributed by atoms with E-state index in [0.29, 0.717) is 12.1 Å². The molecule has 0 bridgehead atoms. The first-order chi connectivity index (χ1) is 12.2. The highest BCUT2D eigenvalue weighted by Gasteiger charge is 2.32. The third-order valence-electron chi connectivity index (χ3n) is 5.18. The van der Waals surface area contributed by atoms with Crippen molar-refractivity contribution >= 4 is 34.5 Å². The molecule has 4 rings (SSSR count). The maximum absolute atomic E-state index is 12.9. The molecule has 0 unspecified atom stereocenters. The number of H-pyrrole nitrogens is 1. The van der Waals surface area contributed by atoms with Crippen LogP contribution in [0.4, 0.5) is 0 Å². The zero-order valence-electron chi connectivity index (χ0n) is 14.2. The number of hydrogen-bond donors (Lipinski definition) is 1. The number of hydrogen-bond acceptors (Lipinski definition) is 3. The van der Waals surface area contributed by atoms with Gasteiger partial charge in [0.2, 0.25) is 5.91 Å². The van der Waals surface area contributed by atoms with Gasteiger partial charge in [-0.05, 0) is 36.4 Å². The minimum absolute atomic E-state index is 0.0307. The Balaban J connectivity index is 1.46. The Morgan fingerprint density at radius 2 is 1.92 bits per heavy atom. The molecule has 1 atom stereocenters. The van der Waals surface area contributed by atoms with E-state index in [0.717, 1.165) is 54.9 Å². The third kappa shape index (κ3) is 3.40. The fraction of sp³-hybridized carbons (Fsp3) is 0.474. The number of amides is 2. The Hall–Kier alpha value is -1.95. The second kappa shape index (κ2) is 7.12. The molecular formula is C19H23N3O2S. The van der Waals surface area contributed by atoms with Crippen LogP contribution in [0.5, 0.6) is 0 Å². The van der Waals surface area contributed by atoms with E-state index in [1.807, 2.05) is 52.0 Å². The molecule has 25 heavy (non-hydrogen) atoms. The number of piperidine rings is 1. The minimum atomic E-state index is -0.0463. The Kier molecular flexibility index (Phi) is 4.70. The number of carbonyl (C=O) groups is 2. The van der Waals surface area contributed by atoms with E-state index in [9.17, 15) is 9.59 Å². The van der Waals surface area contributed by atoms with Gasteiger partial charge in [0.25, 0.3) is 5.91 Å². The highest BCUT2D eigenvalue weighted by molar-refractivity contribution is 7.99. The molecular weight excluding hydrogens is 334 g/mol. The molecule has 2 aromatic rings. The van der Waals surface area contributed by atoms with Gasteiger partial charge < -0.3 is 14.8 Å². The molecule has 6 heteroatoms. The molecule has 2 saturated heterocycles. The maximum Gasteiger partial charge on any atom is 0.253 e. The first-order valence-electron chi connectivity index (χ1n) is 8.95. The lowest BCUT2D eigenvalue weighted by molar-refractivity contribution is -0.136. The standard InChI is InChI=1S/C19H23N3O2S/c23-18(15-4-3-14-5-6-20-17(14)12-15)22-7-1-2-16(13-22)19(24)21-8-10-25-11-9-21/h3-6,12,16,20H,1-2,7-11,13H2/t16-/m0/s1. The van der Waals surface area contributed by atoms with Crippen LogP contribution in [0.2, 0.25) is 0 Å². The molecule has 0 saturated carbocycles. The minimum Gasteiger partial charge on any atom is -0.361 e. The Morgan fingerprint density at radius 3 is 2.76 bits per heavy atom. The number of carbonyl (C=O) groups excluding carboxylic acids is 2. The fourth-order valence-electron chi connectivity index (χ4n) is 3.77. The fourth-order valence-corrected chi connectivity index (χ4v) is 4.67. The summed E-state index contributed by atoms with van der Waals surface area (Å²) < 4.78 is 0. The van der Waals surface area contributed by atoms with Crippen LogP contribution in [0.1, 0.15) is 23.2 Å². The molecule has 2 aliphatic heterocycles. The van der Waals surface area contributed by atoms with E-state index >= 15 is 0 Å². The van der Waals surface area contributed by atoms with Gasteiger partial charge in [-0.15, -0.1) is 0 Å². The summed E-state index contributed by atoms with van der Waals surface area (Å²) in [6, 6.07) is 7.75. The van der Waals surface area contributed by atoms with Crippen molar-refractivity contribution < 1.29 is 9.59 Å². The van der Waals surface area contributed by atoms with Gasteiger partial charge in [0.1, 0.15) is 0 Å². The summed E-state index contributed by atoms with van der Waals surface area (Å²) in [5.74, 6) is 2.27. The molecule has 1 N–H and O–H groups in total. The molecule has 5 nitrogen and oxygen atoms in total. The van der Waals surface area contributed by atoms with Crippen LogP contribution in [-0.4, -0.2) is 64.3 Å². The summed E-state index contributed by atoms with van der Waals surface area (Å²) in [5, 5.41) is 1.10. The van der Waals surface area contributed by atoms with Gasteiger partial charge in [-0.3, -0.25) is 9.59 Å². The van der Waals surface area contributed by atoms with E-state index in [4.69, 9.17) is 0 Å². The predicted molar refractivity (Wildman–Crippen MR) is 101 cm³/mol. The van der Waals surface area contributed by atoms with Crippen LogP contribution in [0.3, 0.4) is 0 Å². The molecule has 0 aliphatic carbocycles. The lowest BCUT2D eigenvalue weighted by Crippen LogP contribution is -2.48. The summed E-state index contributed by atoms with van der Waals surface area (Å²) in [6.45, 7) is 2.97. The average molecular weight is 357 g/mol. The van der Waals surface area contributed by atoms with Crippen LogP contribution in [-0.2, 0) is 4.79 Å². The predicted octanol–water partition coefficient (Wildman–Crippen LogP) is 2.60. The molecule has 2 aliphatic rings. The van der Waals surface area contributed by atoms with Crippen LogP contribution in [0, 0.1) is 5.92 Å². The van der Waals surface area contributed by atoms with E-state index < -0.39 is 0 Å². The lowest BCUT2D eigenvalue weighted by atomic mass is 9.95. The summed E-state index contributed by atoms with van der Waals surface area (Å²) in [5.41, 5.74) is 1.67. The number of rotatable bonds is 2. The van der Waals surface area contributed by atoms with Gasteiger partial charge in [-0.25, -0.2) is 0 Å². The second-order valence-electron chi connectivity index (χ2n) is 6.81. The molecule has 0 radical (unpaired) electrons. The quantitative estimate of drug-likeness (QED) is 0.899. The number of nitrogens with one attached hydrogen (secondary N) is 1. The zero-order chi connectivity index (χ0) is 17.2. The van der Waals surface area contributed by atoms with E-state index in [1.165, 1.54) is 0 Å². The molecule has 2 fully saturated rings. The summed E-state index contributed by atoms with van der Waals surface area (Å²) in [4.78, 5) is 32.7. The average Bonchev–Trinajstić information content (AvgIpc) is 3.15. The van der Waals surface area contributed by atoms with Gasteiger partial charge in [-0.2, -0.15) is 11.8 Å². The van der Waals surface area contributed by atoms with Gasteiger partial charge >= 0.3 is 0 Å². The molecule has 1 aromatic carbocycles. The Bertz CT molecular complexity index is 782. The monoisotopic (exact) mass is 357 g/mol. The highest BCUT2D eigenvalue weighted by atomic mass is 32.2. The van der Waals surface area contributed by atoms with Gasteiger partial charge in [0, 0.05) is 55.0 Å². The van der Waals surface area contributed by atoms with Crippen LogP contribution < -0.4 is 0 Å². The maximum atomic E-state index is 12.9. The van der Waals surface area contributed by atoms with E-state index in [2.05, 4.69) is 4.98 Å². The third-order valence-corrected chi connectivity index (χ3v) is 6.13. The van der Waals surface area contributed by atoms with Gasteiger partial charge in [0.15, 0.2) is 0 Å². The van der Waals surface area contributed by atoms with Gasteiger partial charge in [0.05, 0.1) is 5.92 Å². The first kappa shape index (κ1) is 16.5. The Labute approximate surface area is 151 Å². The molecule has 3 heterocycles. The van der Waals surface area contributed by atoms with Crippen molar-refractivity contribution in [2.75, 3.05) is 37.7 Å². The van der Waals surface area contributed by atoms with E-state index in [1.54, 1.807) is 0 Å².